The minimum atomic E-state index is 0.195. The zero-order chi connectivity index (χ0) is 13.6. The van der Waals surface area contributed by atoms with E-state index in [1.54, 1.807) is 0 Å². The minimum Gasteiger partial charge on any atom is -0.493 e. The van der Waals surface area contributed by atoms with Crippen LogP contribution in [0.25, 0.3) is 0 Å². The minimum absolute atomic E-state index is 0.195. The van der Waals surface area contributed by atoms with Crippen LogP contribution in [0.1, 0.15) is 34.6 Å². The standard InChI is InChI=1S/C16H25NO/c1-13(2)10-11-17-14-6-8-15(9-7-14)18-12-16(3,4)5/h6-10,17H,11-12H2,1-5H3. The molecule has 0 aromatic heterocycles. The molecule has 18 heavy (non-hydrogen) atoms. The quantitative estimate of drug-likeness (QED) is 0.774. The molecule has 0 radical (unpaired) electrons. The van der Waals surface area contributed by atoms with E-state index < -0.39 is 0 Å². The normalized spacial score (nSPS) is 10.9. The molecule has 0 amide bonds. The first kappa shape index (κ1) is 14.6. The second-order valence-corrected chi connectivity index (χ2v) is 6.04. The van der Waals surface area contributed by atoms with Crippen molar-refractivity contribution in [2.24, 2.45) is 5.41 Å². The highest BCUT2D eigenvalue weighted by Gasteiger charge is 2.10. The van der Waals surface area contributed by atoms with Crippen molar-refractivity contribution in [1.29, 1.82) is 0 Å². The molecule has 0 saturated carbocycles. The van der Waals surface area contributed by atoms with E-state index in [0.717, 1.165) is 24.6 Å². The number of benzene rings is 1. The van der Waals surface area contributed by atoms with Crippen molar-refractivity contribution in [3.8, 4) is 5.75 Å². The molecule has 2 heteroatoms. The molecule has 0 heterocycles. The van der Waals surface area contributed by atoms with Gasteiger partial charge in [-0.25, -0.2) is 0 Å². The van der Waals surface area contributed by atoms with Gasteiger partial charge in [0, 0.05) is 12.2 Å². The molecule has 2 nitrogen and oxygen atoms in total. The van der Waals surface area contributed by atoms with Crippen LogP contribution >= 0.6 is 0 Å². The molecular formula is C16H25NO. The van der Waals surface area contributed by atoms with Gasteiger partial charge in [0.25, 0.3) is 0 Å². The summed E-state index contributed by atoms with van der Waals surface area (Å²) in [6.07, 6.45) is 2.17. The summed E-state index contributed by atoms with van der Waals surface area (Å²) in [7, 11) is 0. The van der Waals surface area contributed by atoms with Crippen molar-refractivity contribution in [2.45, 2.75) is 34.6 Å². The highest BCUT2D eigenvalue weighted by Crippen LogP contribution is 2.19. The topological polar surface area (TPSA) is 21.3 Å². The number of anilines is 1. The Morgan fingerprint density at radius 3 is 2.28 bits per heavy atom. The summed E-state index contributed by atoms with van der Waals surface area (Å²) in [5.74, 6) is 0.928. The van der Waals surface area contributed by atoms with Crippen molar-refractivity contribution in [1.82, 2.24) is 0 Å². The molecule has 100 valence electrons. The molecule has 0 atom stereocenters. The lowest BCUT2D eigenvalue weighted by atomic mass is 9.99. The molecule has 0 spiro atoms. The van der Waals surface area contributed by atoms with Gasteiger partial charge in [0.1, 0.15) is 5.75 Å². The first-order valence-electron chi connectivity index (χ1n) is 6.47. The van der Waals surface area contributed by atoms with E-state index in [0.29, 0.717) is 0 Å². The Balaban J connectivity index is 2.45. The lowest BCUT2D eigenvalue weighted by molar-refractivity contribution is 0.198. The Morgan fingerprint density at radius 2 is 1.78 bits per heavy atom. The van der Waals surface area contributed by atoms with Gasteiger partial charge in [0.2, 0.25) is 0 Å². The SMILES string of the molecule is CC(C)=CCNc1ccc(OCC(C)(C)C)cc1. The molecule has 1 rings (SSSR count). The number of nitrogens with one attached hydrogen (secondary N) is 1. The van der Waals surface area contributed by atoms with Crippen molar-refractivity contribution in [3.05, 3.63) is 35.9 Å². The third kappa shape index (κ3) is 6.33. The van der Waals surface area contributed by atoms with Crippen LogP contribution in [0.5, 0.6) is 5.75 Å². The summed E-state index contributed by atoms with van der Waals surface area (Å²) in [6.45, 7) is 12.3. The van der Waals surface area contributed by atoms with E-state index >= 15 is 0 Å². The average Bonchev–Trinajstić information content (AvgIpc) is 2.26. The molecule has 1 aromatic rings. The lowest BCUT2D eigenvalue weighted by Gasteiger charge is -2.18. The monoisotopic (exact) mass is 247 g/mol. The third-order valence-electron chi connectivity index (χ3n) is 2.34. The van der Waals surface area contributed by atoms with Crippen molar-refractivity contribution < 1.29 is 4.74 Å². The van der Waals surface area contributed by atoms with Crippen LogP contribution < -0.4 is 10.1 Å². The first-order valence-corrected chi connectivity index (χ1v) is 6.47. The Bertz CT molecular complexity index is 381. The molecule has 1 aromatic carbocycles. The summed E-state index contributed by atoms with van der Waals surface area (Å²) in [6, 6.07) is 8.13. The van der Waals surface area contributed by atoms with Crippen LogP contribution in [0.3, 0.4) is 0 Å². The number of hydrogen-bond donors (Lipinski definition) is 1. The molecule has 0 aliphatic rings. The van der Waals surface area contributed by atoms with Gasteiger partial charge < -0.3 is 10.1 Å². The van der Waals surface area contributed by atoms with E-state index in [4.69, 9.17) is 4.74 Å². The second-order valence-electron chi connectivity index (χ2n) is 6.04. The summed E-state index contributed by atoms with van der Waals surface area (Å²) in [5.41, 5.74) is 2.64. The number of ether oxygens (including phenoxy) is 1. The Hall–Kier alpha value is -1.44. The maximum absolute atomic E-state index is 5.73. The predicted octanol–water partition coefficient (Wildman–Crippen LogP) is 4.49. The largest absolute Gasteiger partial charge is 0.493 e. The van der Waals surface area contributed by atoms with Crippen LogP contribution in [0, 0.1) is 5.41 Å². The Kier molecular flexibility index (Phi) is 5.26. The van der Waals surface area contributed by atoms with Gasteiger partial charge in [-0.15, -0.1) is 0 Å². The van der Waals surface area contributed by atoms with Gasteiger partial charge in [-0.05, 0) is 43.5 Å². The zero-order valence-electron chi connectivity index (χ0n) is 12.2. The van der Waals surface area contributed by atoms with Crippen LogP contribution in [0.2, 0.25) is 0 Å². The zero-order valence-corrected chi connectivity index (χ0v) is 12.2. The van der Waals surface area contributed by atoms with Crippen LogP contribution in [0.4, 0.5) is 5.69 Å². The van der Waals surface area contributed by atoms with Gasteiger partial charge in [0.15, 0.2) is 0 Å². The van der Waals surface area contributed by atoms with Crippen LogP contribution in [0.15, 0.2) is 35.9 Å². The molecule has 0 fully saturated rings. The van der Waals surface area contributed by atoms with Crippen LogP contribution in [-0.2, 0) is 0 Å². The number of hydrogen-bond acceptors (Lipinski definition) is 2. The number of rotatable bonds is 5. The van der Waals surface area contributed by atoms with E-state index in [2.05, 4.69) is 58.1 Å². The maximum Gasteiger partial charge on any atom is 0.119 e. The maximum atomic E-state index is 5.73. The highest BCUT2D eigenvalue weighted by molar-refractivity contribution is 5.46. The third-order valence-corrected chi connectivity index (χ3v) is 2.34. The molecule has 0 saturated heterocycles. The molecule has 0 unspecified atom stereocenters. The Morgan fingerprint density at radius 1 is 1.17 bits per heavy atom. The molecular weight excluding hydrogens is 222 g/mol. The molecule has 1 N–H and O–H groups in total. The Labute approximate surface area is 111 Å². The average molecular weight is 247 g/mol. The van der Waals surface area contributed by atoms with Crippen molar-refractivity contribution >= 4 is 5.69 Å². The van der Waals surface area contributed by atoms with Gasteiger partial charge in [-0.3, -0.25) is 0 Å². The van der Waals surface area contributed by atoms with E-state index in [9.17, 15) is 0 Å². The smallest absolute Gasteiger partial charge is 0.119 e. The van der Waals surface area contributed by atoms with E-state index in [-0.39, 0.29) is 5.41 Å². The van der Waals surface area contributed by atoms with Gasteiger partial charge >= 0.3 is 0 Å². The van der Waals surface area contributed by atoms with Crippen molar-refractivity contribution in [2.75, 3.05) is 18.5 Å². The second kappa shape index (κ2) is 6.48. The summed E-state index contributed by atoms with van der Waals surface area (Å²) < 4.78 is 5.73. The first-order chi connectivity index (χ1) is 8.37. The van der Waals surface area contributed by atoms with Crippen molar-refractivity contribution in [3.63, 3.8) is 0 Å². The molecule has 0 aliphatic heterocycles. The molecule has 0 aliphatic carbocycles. The molecule has 0 bridgehead atoms. The van der Waals surface area contributed by atoms with E-state index in [1.165, 1.54) is 5.57 Å². The fourth-order valence-electron chi connectivity index (χ4n) is 1.34. The van der Waals surface area contributed by atoms with Gasteiger partial charge in [-0.1, -0.05) is 32.4 Å². The van der Waals surface area contributed by atoms with Crippen LogP contribution in [-0.4, -0.2) is 13.2 Å². The van der Waals surface area contributed by atoms with Gasteiger partial charge in [-0.2, -0.15) is 0 Å². The summed E-state index contributed by atoms with van der Waals surface area (Å²) >= 11 is 0. The number of allylic oxidation sites excluding steroid dienone is 1. The predicted molar refractivity (Wildman–Crippen MR) is 79.3 cm³/mol. The fraction of sp³-hybridized carbons (Fsp3) is 0.500. The fourth-order valence-corrected chi connectivity index (χ4v) is 1.34. The highest BCUT2D eigenvalue weighted by atomic mass is 16.5. The van der Waals surface area contributed by atoms with Gasteiger partial charge in [0.05, 0.1) is 6.61 Å². The summed E-state index contributed by atoms with van der Waals surface area (Å²) in [4.78, 5) is 0. The lowest BCUT2D eigenvalue weighted by Crippen LogP contribution is -2.16. The summed E-state index contributed by atoms with van der Waals surface area (Å²) in [5, 5.41) is 3.34. The van der Waals surface area contributed by atoms with E-state index in [1.807, 2.05) is 12.1 Å².